The predicted molar refractivity (Wildman–Crippen MR) is 109 cm³/mol. The van der Waals surface area contributed by atoms with Gasteiger partial charge in [0.2, 0.25) is 0 Å². The zero-order valence-corrected chi connectivity index (χ0v) is 16.2. The Labute approximate surface area is 172 Å². The van der Waals surface area contributed by atoms with Gasteiger partial charge in [-0.25, -0.2) is 9.18 Å². The van der Waals surface area contributed by atoms with Crippen LogP contribution in [0, 0.1) is 5.82 Å². The molecule has 0 bridgehead atoms. The number of carbonyl (C=O) groups is 2. The second kappa shape index (κ2) is 9.17. The van der Waals surface area contributed by atoms with Crippen molar-refractivity contribution in [2.45, 2.75) is 0 Å². The van der Waals surface area contributed by atoms with Crippen molar-refractivity contribution in [2.75, 3.05) is 7.11 Å². The van der Waals surface area contributed by atoms with Gasteiger partial charge in [-0.2, -0.15) is 0 Å². The van der Waals surface area contributed by atoms with Crippen LogP contribution in [0.25, 0.3) is 6.08 Å². The third kappa shape index (κ3) is 5.09. The predicted octanol–water partition coefficient (Wildman–Crippen LogP) is 5.60. The molecular weight excluding hydrogens is 395 g/mol. The molecule has 3 rings (SSSR count). The quantitative estimate of drug-likeness (QED) is 0.229. The van der Waals surface area contributed by atoms with Gasteiger partial charge in [-0.3, -0.25) is 4.79 Å². The molecule has 0 atom stereocenters. The van der Waals surface area contributed by atoms with E-state index in [1.807, 2.05) is 0 Å². The maximum absolute atomic E-state index is 13.0. The lowest BCUT2D eigenvalue weighted by atomic mass is 10.1. The van der Waals surface area contributed by atoms with E-state index in [4.69, 9.17) is 21.1 Å². The summed E-state index contributed by atoms with van der Waals surface area (Å²) in [4.78, 5) is 25.2. The molecule has 3 aromatic carbocycles. The van der Waals surface area contributed by atoms with E-state index in [1.165, 1.54) is 49.6 Å². The molecule has 146 valence electrons. The Balaban J connectivity index is 1.86. The largest absolute Gasteiger partial charge is 0.496 e. The van der Waals surface area contributed by atoms with E-state index in [-0.39, 0.29) is 22.7 Å². The number of hydrogen-bond donors (Lipinski definition) is 0. The minimum Gasteiger partial charge on any atom is -0.496 e. The van der Waals surface area contributed by atoms with Crippen molar-refractivity contribution >= 4 is 29.4 Å². The number of allylic oxidation sites excluding steroid dienone is 1. The van der Waals surface area contributed by atoms with Gasteiger partial charge in [0.15, 0.2) is 5.78 Å². The summed E-state index contributed by atoms with van der Waals surface area (Å²) in [5, 5.41) is 0.320. The molecule has 0 aromatic heterocycles. The molecule has 3 aromatic rings. The van der Waals surface area contributed by atoms with E-state index < -0.39 is 11.8 Å². The van der Waals surface area contributed by atoms with Crippen molar-refractivity contribution in [1.29, 1.82) is 0 Å². The molecule has 0 fully saturated rings. The number of hydrogen-bond acceptors (Lipinski definition) is 4. The standard InChI is InChI=1S/C23H16ClFO4/c1-28-21-5-3-2-4-18(21)23(27)29-22-13-9-16(24)14-19(22)20(26)12-8-15-6-10-17(25)11-7-15/h2-14H,1H3/b12-8+. The number of methoxy groups -OCH3 is 1. The van der Waals surface area contributed by atoms with E-state index in [2.05, 4.69) is 0 Å². The molecule has 0 heterocycles. The summed E-state index contributed by atoms with van der Waals surface area (Å²) in [7, 11) is 1.45. The number of benzene rings is 3. The summed E-state index contributed by atoms with van der Waals surface area (Å²) in [5.41, 5.74) is 0.999. The first-order valence-corrected chi connectivity index (χ1v) is 8.98. The number of para-hydroxylation sites is 1. The highest BCUT2D eigenvalue weighted by Crippen LogP contribution is 2.26. The van der Waals surface area contributed by atoms with E-state index in [0.717, 1.165) is 0 Å². The summed E-state index contributed by atoms with van der Waals surface area (Å²) in [6.45, 7) is 0. The second-order valence-electron chi connectivity index (χ2n) is 5.98. The number of ether oxygens (including phenoxy) is 2. The molecule has 4 nitrogen and oxygen atoms in total. The molecule has 0 N–H and O–H groups in total. The van der Waals surface area contributed by atoms with E-state index in [0.29, 0.717) is 16.3 Å². The fourth-order valence-corrected chi connectivity index (χ4v) is 2.76. The highest BCUT2D eigenvalue weighted by molar-refractivity contribution is 6.31. The Morgan fingerprint density at radius 1 is 0.931 bits per heavy atom. The first kappa shape index (κ1) is 20.3. The van der Waals surface area contributed by atoms with Gasteiger partial charge in [-0.1, -0.05) is 41.9 Å². The van der Waals surface area contributed by atoms with Crippen molar-refractivity contribution in [3.8, 4) is 11.5 Å². The Morgan fingerprint density at radius 2 is 1.66 bits per heavy atom. The Bertz CT molecular complexity index is 1070. The van der Waals surface area contributed by atoms with Crippen molar-refractivity contribution < 1.29 is 23.5 Å². The van der Waals surface area contributed by atoms with Crippen LogP contribution in [0.4, 0.5) is 4.39 Å². The third-order valence-corrected chi connectivity index (χ3v) is 4.27. The number of ketones is 1. The SMILES string of the molecule is COc1ccccc1C(=O)Oc1ccc(Cl)cc1C(=O)/C=C/c1ccc(F)cc1. The van der Waals surface area contributed by atoms with Gasteiger partial charge in [-0.05, 0) is 54.1 Å². The zero-order chi connectivity index (χ0) is 20.8. The Hall–Kier alpha value is -3.44. The molecule has 0 aliphatic rings. The maximum Gasteiger partial charge on any atom is 0.347 e. The van der Waals surface area contributed by atoms with Gasteiger partial charge in [0.25, 0.3) is 0 Å². The summed E-state index contributed by atoms with van der Waals surface area (Å²) < 4.78 is 23.6. The van der Waals surface area contributed by atoms with E-state index >= 15 is 0 Å². The smallest absolute Gasteiger partial charge is 0.347 e. The van der Waals surface area contributed by atoms with Crippen LogP contribution in [-0.2, 0) is 0 Å². The van der Waals surface area contributed by atoms with E-state index in [9.17, 15) is 14.0 Å². The highest BCUT2D eigenvalue weighted by Gasteiger charge is 2.18. The van der Waals surface area contributed by atoms with Gasteiger partial charge in [0, 0.05) is 5.02 Å². The fraction of sp³-hybridized carbons (Fsp3) is 0.0435. The van der Waals surface area contributed by atoms with Crippen LogP contribution in [0.2, 0.25) is 5.02 Å². The number of rotatable bonds is 6. The van der Waals surface area contributed by atoms with E-state index in [1.54, 1.807) is 36.4 Å². The van der Waals surface area contributed by atoms with Crippen LogP contribution < -0.4 is 9.47 Å². The van der Waals surface area contributed by atoms with Crippen LogP contribution in [-0.4, -0.2) is 18.9 Å². The van der Waals surface area contributed by atoms with Gasteiger partial charge in [0.05, 0.1) is 12.7 Å². The summed E-state index contributed by atoms with van der Waals surface area (Å²) in [6, 6.07) is 16.7. The lowest BCUT2D eigenvalue weighted by molar-refractivity contribution is 0.0729. The van der Waals surface area contributed by atoms with Crippen LogP contribution in [0.15, 0.2) is 72.8 Å². The fourth-order valence-electron chi connectivity index (χ4n) is 2.59. The molecule has 0 unspecified atom stereocenters. The lowest BCUT2D eigenvalue weighted by Crippen LogP contribution is -2.12. The van der Waals surface area contributed by atoms with Crippen molar-refractivity contribution in [3.05, 3.63) is 100 Å². The molecule has 0 aliphatic heterocycles. The molecule has 6 heteroatoms. The minimum atomic E-state index is -0.665. The van der Waals surface area contributed by atoms with Crippen LogP contribution in [0.1, 0.15) is 26.3 Å². The van der Waals surface area contributed by atoms with Crippen molar-refractivity contribution in [1.82, 2.24) is 0 Å². The maximum atomic E-state index is 13.0. The van der Waals surface area contributed by atoms with Crippen molar-refractivity contribution in [3.63, 3.8) is 0 Å². The average Bonchev–Trinajstić information content (AvgIpc) is 2.74. The molecule has 0 aliphatic carbocycles. The lowest BCUT2D eigenvalue weighted by Gasteiger charge is -2.11. The molecule has 29 heavy (non-hydrogen) atoms. The molecular formula is C23H16ClFO4. The normalized spacial score (nSPS) is 10.7. The third-order valence-electron chi connectivity index (χ3n) is 4.03. The number of carbonyl (C=O) groups excluding carboxylic acids is 2. The first-order valence-electron chi connectivity index (χ1n) is 8.60. The van der Waals surface area contributed by atoms with Crippen LogP contribution >= 0.6 is 11.6 Å². The second-order valence-corrected chi connectivity index (χ2v) is 6.42. The van der Waals surface area contributed by atoms with Crippen LogP contribution in [0.3, 0.4) is 0 Å². The minimum absolute atomic E-state index is 0.0686. The molecule has 0 saturated carbocycles. The Kier molecular flexibility index (Phi) is 6.42. The van der Waals surface area contributed by atoms with Crippen molar-refractivity contribution in [2.24, 2.45) is 0 Å². The topological polar surface area (TPSA) is 52.6 Å². The Morgan fingerprint density at radius 3 is 2.38 bits per heavy atom. The molecule has 0 amide bonds. The summed E-state index contributed by atoms with van der Waals surface area (Å²) in [6.07, 6.45) is 2.84. The number of esters is 1. The molecule has 0 saturated heterocycles. The van der Waals surface area contributed by atoms with Gasteiger partial charge < -0.3 is 9.47 Å². The molecule has 0 radical (unpaired) electrons. The average molecular weight is 411 g/mol. The van der Waals surface area contributed by atoms with Gasteiger partial charge in [0.1, 0.15) is 22.9 Å². The van der Waals surface area contributed by atoms with Gasteiger partial charge in [-0.15, -0.1) is 0 Å². The number of halogens is 2. The monoisotopic (exact) mass is 410 g/mol. The highest BCUT2D eigenvalue weighted by atomic mass is 35.5. The van der Waals surface area contributed by atoms with Gasteiger partial charge >= 0.3 is 5.97 Å². The zero-order valence-electron chi connectivity index (χ0n) is 15.4. The summed E-state index contributed by atoms with van der Waals surface area (Å²) >= 11 is 6.02. The van der Waals surface area contributed by atoms with Crippen LogP contribution in [0.5, 0.6) is 11.5 Å². The molecule has 0 spiro atoms. The first-order chi connectivity index (χ1) is 14.0. The summed E-state index contributed by atoms with van der Waals surface area (Å²) in [5.74, 6) is -1.02.